The first-order valence-corrected chi connectivity index (χ1v) is 6.23. The van der Waals surface area contributed by atoms with Gasteiger partial charge in [-0.15, -0.1) is 0 Å². The fourth-order valence-corrected chi connectivity index (χ4v) is 1.65. The van der Waals surface area contributed by atoms with Crippen LogP contribution in [-0.4, -0.2) is 31.9 Å². The van der Waals surface area contributed by atoms with Crippen LogP contribution in [-0.2, 0) is 20.1 Å². The maximum atomic E-state index is 11.6. The van der Waals surface area contributed by atoms with Crippen molar-refractivity contribution in [1.29, 1.82) is 0 Å². The highest BCUT2D eigenvalue weighted by atomic mass is 16.4. The Balaban J connectivity index is 1.78. The molecule has 0 bridgehead atoms. The number of nitrogens with one attached hydrogen (secondary N) is 2. The summed E-state index contributed by atoms with van der Waals surface area (Å²) < 4.78 is 1.68. The lowest BCUT2D eigenvalue weighted by Crippen LogP contribution is -2.35. The van der Waals surface area contributed by atoms with Crippen LogP contribution in [0.3, 0.4) is 0 Å². The van der Waals surface area contributed by atoms with Crippen molar-refractivity contribution in [3.63, 3.8) is 0 Å². The third kappa shape index (κ3) is 4.03. The van der Waals surface area contributed by atoms with Crippen LogP contribution in [0, 0.1) is 0 Å². The molecule has 0 aliphatic heterocycles. The van der Waals surface area contributed by atoms with Crippen molar-refractivity contribution in [2.45, 2.75) is 13.1 Å². The van der Waals surface area contributed by atoms with Gasteiger partial charge in [0.15, 0.2) is 0 Å². The molecule has 2 aromatic rings. The number of carboxylic acids is 1. The van der Waals surface area contributed by atoms with Crippen molar-refractivity contribution >= 4 is 12.0 Å². The molecule has 0 atom stereocenters. The Morgan fingerprint density at radius 1 is 1.24 bits per heavy atom. The number of carboxylic acid groups (broad SMARTS) is 1. The molecule has 0 radical (unpaired) electrons. The maximum Gasteiger partial charge on any atom is 0.354 e. The number of hydrogen-bond donors (Lipinski definition) is 3. The zero-order valence-corrected chi connectivity index (χ0v) is 11.4. The first kappa shape index (κ1) is 14.5. The van der Waals surface area contributed by atoms with E-state index in [0.29, 0.717) is 6.54 Å². The van der Waals surface area contributed by atoms with Crippen molar-refractivity contribution in [3.05, 3.63) is 47.5 Å². The molecule has 2 amide bonds. The number of amides is 2. The minimum atomic E-state index is -1.08. The number of nitrogens with zero attached hydrogens (tertiary/aromatic N) is 3. The predicted octanol–water partition coefficient (Wildman–Crippen LogP) is 0.513. The Kier molecular flexibility index (Phi) is 4.50. The predicted molar refractivity (Wildman–Crippen MR) is 73.5 cm³/mol. The molecule has 2 rings (SSSR count). The second-order valence-electron chi connectivity index (χ2n) is 4.34. The van der Waals surface area contributed by atoms with Gasteiger partial charge in [0, 0.05) is 26.0 Å². The molecule has 0 unspecified atom stereocenters. The van der Waals surface area contributed by atoms with Crippen LogP contribution in [0.15, 0.2) is 30.6 Å². The highest BCUT2D eigenvalue weighted by Crippen LogP contribution is 2.00. The van der Waals surface area contributed by atoms with Gasteiger partial charge in [-0.25, -0.2) is 14.6 Å². The standard InChI is InChI=1S/C13H15N5O3/c1-18-10(4-5-17-18)8-16-13(21)15-7-9-2-3-11(12(19)20)14-6-9/h2-6H,7-8H2,1H3,(H,19,20)(H2,15,16,21). The van der Waals surface area contributed by atoms with Gasteiger partial charge in [-0.2, -0.15) is 5.10 Å². The smallest absolute Gasteiger partial charge is 0.354 e. The molecule has 0 aliphatic rings. The average Bonchev–Trinajstić information content (AvgIpc) is 2.88. The summed E-state index contributed by atoms with van der Waals surface area (Å²) in [4.78, 5) is 26.1. The summed E-state index contributed by atoms with van der Waals surface area (Å²) in [6, 6.07) is 4.50. The Hall–Kier alpha value is -2.90. The summed E-state index contributed by atoms with van der Waals surface area (Å²) in [7, 11) is 1.80. The fourth-order valence-electron chi connectivity index (χ4n) is 1.65. The first-order chi connectivity index (χ1) is 10.1. The zero-order valence-electron chi connectivity index (χ0n) is 11.4. The molecule has 0 fully saturated rings. The summed E-state index contributed by atoms with van der Waals surface area (Å²) in [5.41, 5.74) is 1.58. The SMILES string of the molecule is Cn1nccc1CNC(=O)NCc1ccc(C(=O)O)nc1. The van der Waals surface area contributed by atoms with Gasteiger partial charge in [-0.3, -0.25) is 4.68 Å². The Labute approximate surface area is 120 Å². The molecule has 0 aromatic carbocycles. The molecular formula is C13H15N5O3. The molecule has 8 nitrogen and oxygen atoms in total. The van der Waals surface area contributed by atoms with E-state index in [-0.39, 0.29) is 18.3 Å². The van der Waals surface area contributed by atoms with Crippen LogP contribution in [0.1, 0.15) is 21.7 Å². The Bertz CT molecular complexity index is 636. The molecular weight excluding hydrogens is 274 g/mol. The summed E-state index contributed by atoms with van der Waals surface area (Å²) in [5.74, 6) is -1.08. The number of urea groups is 1. The van der Waals surface area contributed by atoms with Crippen molar-refractivity contribution in [2.75, 3.05) is 0 Å². The second kappa shape index (κ2) is 6.51. The van der Waals surface area contributed by atoms with E-state index in [1.165, 1.54) is 12.3 Å². The number of rotatable bonds is 5. The first-order valence-electron chi connectivity index (χ1n) is 6.23. The average molecular weight is 289 g/mol. The van der Waals surface area contributed by atoms with Gasteiger partial charge in [0.05, 0.1) is 12.2 Å². The van der Waals surface area contributed by atoms with Gasteiger partial charge in [-0.05, 0) is 17.7 Å². The zero-order chi connectivity index (χ0) is 15.2. The number of aromatic nitrogens is 3. The highest BCUT2D eigenvalue weighted by molar-refractivity contribution is 5.85. The van der Waals surface area contributed by atoms with Crippen molar-refractivity contribution in [2.24, 2.45) is 7.05 Å². The van der Waals surface area contributed by atoms with Crippen molar-refractivity contribution in [3.8, 4) is 0 Å². The van der Waals surface area contributed by atoms with Crippen molar-refractivity contribution in [1.82, 2.24) is 25.4 Å². The van der Waals surface area contributed by atoms with Gasteiger partial charge in [-0.1, -0.05) is 6.07 Å². The summed E-state index contributed by atoms with van der Waals surface area (Å²) in [5, 5.41) is 18.1. The summed E-state index contributed by atoms with van der Waals surface area (Å²) in [6.07, 6.45) is 3.08. The second-order valence-corrected chi connectivity index (χ2v) is 4.34. The molecule has 8 heteroatoms. The molecule has 0 saturated carbocycles. The van der Waals surface area contributed by atoms with Gasteiger partial charge >= 0.3 is 12.0 Å². The Morgan fingerprint density at radius 2 is 2.00 bits per heavy atom. The summed E-state index contributed by atoms with van der Waals surface area (Å²) >= 11 is 0. The van der Waals surface area contributed by atoms with Gasteiger partial charge in [0.1, 0.15) is 5.69 Å². The molecule has 2 heterocycles. The van der Waals surface area contributed by atoms with E-state index in [1.54, 1.807) is 24.0 Å². The largest absolute Gasteiger partial charge is 0.477 e. The van der Waals surface area contributed by atoms with E-state index in [1.807, 2.05) is 6.07 Å². The molecule has 0 spiro atoms. The number of aromatic carboxylic acids is 1. The van der Waals surface area contributed by atoms with Crippen LogP contribution in [0.5, 0.6) is 0 Å². The van der Waals surface area contributed by atoms with Crippen molar-refractivity contribution < 1.29 is 14.7 Å². The third-order valence-corrected chi connectivity index (χ3v) is 2.85. The van der Waals surface area contributed by atoms with Crippen LogP contribution in [0.4, 0.5) is 4.79 Å². The highest BCUT2D eigenvalue weighted by Gasteiger charge is 2.05. The van der Waals surface area contributed by atoms with Gasteiger partial charge in [0.2, 0.25) is 0 Å². The van der Waals surface area contributed by atoms with Crippen LogP contribution < -0.4 is 10.6 Å². The molecule has 21 heavy (non-hydrogen) atoms. The topological polar surface area (TPSA) is 109 Å². The number of carbonyl (C=O) groups excluding carboxylic acids is 1. The van der Waals surface area contributed by atoms with Gasteiger partial charge in [0.25, 0.3) is 0 Å². The monoisotopic (exact) mass is 289 g/mol. The molecule has 0 saturated heterocycles. The third-order valence-electron chi connectivity index (χ3n) is 2.85. The van der Waals surface area contributed by atoms with Gasteiger partial charge < -0.3 is 15.7 Å². The van der Waals surface area contributed by atoms with E-state index in [0.717, 1.165) is 11.3 Å². The molecule has 2 aromatic heterocycles. The van der Waals surface area contributed by atoms with Crippen LogP contribution >= 0.6 is 0 Å². The maximum absolute atomic E-state index is 11.6. The number of carbonyl (C=O) groups is 2. The van der Waals surface area contributed by atoms with E-state index < -0.39 is 5.97 Å². The quantitative estimate of drug-likeness (QED) is 0.743. The number of aryl methyl sites for hydroxylation is 1. The van der Waals surface area contributed by atoms with E-state index in [9.17, 15) is 9.59 Å². The molecule has 110 valence electrons. The lowest BCUT2D eigenvalue weighted by atomic mass is 10.2. The molecule has 3 N–H and O–H groups in total. The number of hydrogen-bond acceptors (Lipinski definition) is 4. The van der Waals surface area contributed by atoms with Crippen LogP contribution in [0.25, 0.3) is 0 Å². The number of pyridine rings is 1. The van der Waals surface area contributed by atoms with E-state index in [2.05, 4.69) is 20.7 Å². The molecule has 0 aliphatic carbocycles. The lowest BCUT2D eigenvalue weighted by molar-refractivity contribution is 0.0690. The van der Waals surface area contributed by atoms with E-state index in [4.69, 9.17) is 5.11 Å². The Morgan fingerprint density at radius 3 is 2.57 bits per heavy atom. The summed E-state index contributed by atoms with van der Waals surface area (Å²) in [6.45, 7) is 0.642. The fraction of sp³-hybridized carbons (Fsp3) is 0.231. The lowest BCUT2D eigenvalue weighted by Gasteiger charge is -2.08. The normalized spacial score (nSPS) is 10.1. The minimum absolute atomic E-state index is 0.0283. The van der Waals surface area contributed by atoms with Crippen LogP contribution in [0.2, 0.25) is 0 Å². The minimum Gasteiger partial charge on any atom is -0.477 e. The van der Waals surface area contributed by atoms with E-state index >= 15 is 0 Å².